The summed E-state index contributed by atoms with van der Waals surface area (Å²) in [6.45, 7) is 8.67. The van der Waals surface area contributed by atoms with E-state index in [4.69, 9.17) is 14.5 Å². The van der Waals surface area contributed by atoms with Gasteiger partial charge in [0.05, 0.1) is 49.0 Å². The Bertz CT molecular complexity index is 2030. The molecule has 2 fully saturated rings. The Morgan fingerprint density at radius 3 is 2.45 bits per heavy atom. The smallest absolute Gasteiger partial charge is 0.410 e. The Morgan fingerprint density at radius 1 is 0.941 bits per heavy atom. The predicted molar refractivity (Wildman–Crippen MR) is 194 cm³/mol. The number of piperidine rings is 1. The Balaban J connectivity index is 1.07. The van der Waals surface area contributed by atoms with Crippen molar-refractivity contribution in [2.75, 3.05) is 31.6 Å². The van der Waals surface area contributed by atoms with Crippen molar-refractivity contribution in [1.82, 2.24) is 39.6 Å². The quantitative estimate of drug-likeness (QED) is 0.183. The molecule has 5 aromatic rings. The third-order valence-corrected chi connectivity index (χ3v) is 9.63. The molecule has 2 aromatic carbocycles. The zero-order valence-electron chi connectivity index (χ0n) is 29.7. The maximum absolute atomic E-state index is 13.7. The first-order valence-corrected chi connectivity index (χ1v) is 17.7. The molecular weight excluding hydrogens is 646 g/mol. The van der Waals surface area contributed by atoms with Gasteiger partial charge in [0.15, 0.2) is 11.6 Å². The van der Waals surface area contributed by atoms with Crippen molar-refractivity contribution in [2.24, 2.45) is 5.92 Å². The van der Waals surface area contributed by atoms with Gasteiger partial charge in [0.1, 0.15) is 17.0 Å². The van der Waals surface area contributed by atoms with Crippen LogP contribution in [0.3, 0.4) is 0 Å². The van der Waals surface area contributed by atoms with Crippen LogP contribution < -0.4 is 15.2 Å². The molecule has 1 amide bonds. The molecule has 4 heterocycles. The second-order valence-corrected chi connectivity index (χ2v) is 14.5. The van der Waals surface area contributed by atoms with Crippen LogP contribution in [0, 0.1) is 5.92 Å². The van der Waals surface area contributed by atoms with Gasteiger partial charge in [-0.3, -0.25) is 9.36 Å². The fourth-order valence-corrected chi connectivity index (χ4v) is 6.74. The largest absolute Gasteiger partial charge is 0.497 e. The summed E-state index contributed by atoms with van der Waals surface area (Å²) >= 11 is 0. The molecule has 7 rings (SSSR count). The van der Waals surface area contributed by atoms with Crippen LogP contribution in [-0.4, -0.2) is 84.1 Å². The summed E-state index contributed by atoms with van der Waals surface area (Å²) < 4.78 is 14.4. The molecule has 266 valence electrons. The van der Waals surface area contributed by atoms with E-state index in [1.54, 1.807) is 28.6 Å². The fraction of sp³-hybridized carbons (Fsp3) is 0.447. The van der Waals surface area contributed by atoms with Crippen LogP contribution in [0.5, 0.6) is 5.75 Å². The van der Waals surface area contributed by atoms with Gasteiger partial charge in [-0.05, 0) is 94.3 Å². The summed E-state index contributed by atoms with van der Waals surface area (Å²) in [6.07, 6.45) is 6.99. The SMILES string of the molecule is COc1ccc(Cn2c(-c3cn(Cc4ccc(N5CCC[C@@H](N(CC6CCC6)C(=O)OC(C)(C)C)C5)nn4)nn3)nc3ccccc3c2=O)cc1. The van der Waals surface area contributed by atoms with E-state index in [-0.39, 0.29) is 17.7 Å². The number of methoxy groups -OCH3 is 1. The molecule has 51 heavy (non-hydrogen) atoms. The van der Waals surface area contributed by atoms with Gasteiger partial charge in [-0.15, -0.1) is 10.2 Å². The first-order chi connectivity index (χ1) is 24.6. The normalized spacial score (nSPS) is 16.5. The summed E-state index contributed by atoms with van der Waals surface area (Å²) in [7, 11) is 1.62. The number of nitrogens with zero attached hydrogens (tertiary/aromatic N) is 9. The average Bonchev–Trinajstić information content (AvgIpc) is 3.57. The molecule has 1 aliphatic carbocycles. The first kappa shape index (κ1) is 34.1. The molecule has 2 aliphatic rings. The van der Waals surface area contributed by atoms with Crippen LogP contribution >= 0.6 is 0 Å². The van der Waals surface area contributed by atoms with Gasteiger partial charge < -0.3 is 19.3 Å². The number of anilines is 1. The molecule has 13 heteroatoms. The van der Waals surface area contributed by atoms with Crippen molar-refractivity contribution in [1.29, 1.82) is 0 Å². The predicted octanol–water partition coefficient (Wildman–Crippen LogP) is 5.56. The molecule has 3 aromatic heterocycles. The van der Waals surface area contributed by atoms with Gasteiger partial charge in [-0.25, -0.2) is 14.5 Å². The minimum absolute atomic E-state index is 0.0510. The van der Waals surface area contributed by atoms with E-state index in [0.717, 1.165) is 55.9 Å². The second-order valence-electron chi connectivity index (χ2n) is 14.5. The number of amides is 1. The second kappa shape index (κ2) is 14.5. The van der Waals surface area contributed by atoms with Gasteiger partial charge in [0.2, 0.25) is 0 Å². The standard InChI is InChI=1S/C38H45N9O4/c1-38(2,3)51-37(49)46(21-26-9-7-10-26)29-11-8-20-44(24-29)34-19-16-28(40-42-34)23-45-25-33(41-43-45)35-39-32-13-6-5-12-31(32)36(48)47(35)22-27-14-17-30(50-4)18-15-27/h5-6,12-19,25-26,29H,7-11,20-24H2,1-4H3/t29-/m1/s1. The van der Waals surface area contributed by atoms with Crippen molar-refractivity contribution in [2.45, 2.75) is 77.6 Å². The van der Waals surface area contributed by atoms with Crippen LogP contribution in [0.1, 0.15) is 64.1 Å². The molecule has 0 radical (unpaired) electrons. The van der Waals surface area contributed by atoms with E-state index in [2.05, 4.69) is 25.4 Å². The lowest BCUT2D eigenvalue weighted by Gasteiger charge is -2.42. The summed E-state index contributed by atoms with van der Waals surface area (Å²) in [6, 6.07) is 18.9. The van der Waals surface area contributed by atoms with E-state index >= 15 is 0 Å². The number of carbonyl (C=O) groups is 1. The molecule has 0 unspecified atom stereocenters. The van der Waals surface area contributed by atoms with Gasteiger partial charge >= 0.3 is 6.09 Å². The van der Waals surface area contributed by atoms with E-state index in [0.29, 0.717) is 53.7 Å². The Morgan fingerprint density at radius 2 is 1.75 bits per heavy atom. The third kappa shape index (κ3) is 7.87. The van der Waals surface area contributed by atoms with E-state index in [9.17, 15) is 9.59 Å². The lowest BCUT2D eigenvalue weighted by Crippen LogP contribution is -2.53. The number of benzene rings is 2. The number of hydrogen-bond acceptors (Lipinski definition) is 10. The topological polar surface area (TPSA) is 133 Å². The molecular formula is C38H45N9O4. The highest BCUT2D eigenvalue weighted by Gasteiger charge is 2.35. The van der Waals surface area contributed by atoms with Crippen LogP contribution in [0.15, 0.2) is 71.7 Å². The van der Waals surface area contributed by atoms with E-state index < -0.39 is 5.60 Å². The monoisotopic (exact) mass is 691 g/mol. The van der Waals surface area contributed by atoms with E-state index in [1.807, 2.05) is 80.3 Å². The zero-order valence-corrected chi connectivity index (χ0v) is 29.7. The highest BCUT2D eigenvalue weighted by molar-refractivity contribution is 5.79. The maximum atomic E-state index is 13.7. The maximum Gasteiger partial charge on any atom is 0.410 e. The molecule has 0 bridgehead atoms. The van der Waals surface area contributed by atoms with E-state index in [1.165, 1.54) is 6.42 Å². The number of carbonyl (C=O) groups excluding carboxylic acids is 1. The summed E-state index contributed by atoms with van der Waals surface area (Å²) in [4.78, 5) is 36.0. The number of fused-ring (bicyclic) bond motifs is 1. The molecule has 0 N–H and O–H groups in total. The minimum atomic E-state index is -0.543. The number of rotatable bonds is 10. The molecule has 1 saturated heterocycles. The Kier molecular flexibility index (Phi) is 9.70. The third-order valence-electron chi connectivity index (χ3n) is 9.63. The van der Waals surface area contributed by atoms with Crippen LogP contribution in [0.25, 0.3) is 22.4 Å². The molecule has 0 spiro atoms. The van der Waals surface area contributed by atoms with Crippen molar-refractivity contribution in [3.8, 4) is 17.3 Å². The van der Waals surface area contributed by atoms with Gasteiger partial charge in [0, 0.05) is 19.6 Å². The van der Waals surface area contributed by atoms with Crippen LogP contribution in [0.4, 0.5) is 10.6 Å². The fourth-order valence-electron chi connectivity index (χ4n) is 6.74. The molecule has 1 aliphatic heterocycles. The summed E-state index contributed by atoms with van der Waals surface area (Å²) in [5, 5.41) is 18.4. The number of ether oxygens (including phenoxy) is 2. The van der Waals surface area contributed by atoms with Gasteiger partial charge in [-0.2, -0.15) is 5.10 Å². The minimum Gasteiger partial charge on any atom is -0.497 e. The lowest BCUT2D eigenvalue weighted by atomic mass is 9.84. The molecule has 1 saturated carbocycles. The summed E-state index contributed by atoms with van der Waals surface area (Å²) in [5.74, 6) is 2.49. The Hall–Kier alpha value is -5.33. The lowest BCUT2D eigenvalue weighted by molar-refractivity contribution is 0.00733. The highest BCUT2D eigenvalue weighted by atomic mass is 16.6. The summed E-state index contributed by atoms with van der Waals surface area (Å²) in [5.41, 5.74) is 2.02. The highest BCUT2D eigenvalue weighted by Crippen LogP contribution is 2.30. The number of para-hydroxylation sites is 1. The number of aromatic nitrogens is 7. The number of hydrogen-bond donors (Lipinski definition) is 0. The first-order valence-electron chi connectivity index (χ1n) is 17.7. The Labute approximate surface area is 297 Å². The van der Waals surface area contributed by atoms with Gasteiger partial charge in [0.25, 0.3) is 5.56 Å². The van der Waals surface area contributed by atoms with Crippen molar-refractivity contribution in [3.63, 3.8) is 0 Å². The average molecular weight is 692 g/mol. The van der Waals surface area contributed by atoms with Crippen molar-refractivity contribution in [3.05, 3.63) is 88.5 Å². The molecule has 1 atom stereocenters. The molecule has 13 nitrogen and oxygen atoms in total. The van der Waals surface area contributed by atoms with Crippen molar-refractivity contribution < 1.29 is 14.3 Å². The van der Waals surface area contributed by atoms with Crippen molar-refractivity contribution >= 4 is 22.8 Å². The zero-order chi connectivity index (χ0) is 35.5. The van der Waals surface area contributed by atoms with Crippen LogP contribution in [-0.2, 0) is 17.8 Å². The van der Waals surface area contributed by atoms with Gasteiger partial charge in [-0.1, -0.05) is 35.9 Å². The van der Waals surface area contributed by atoms with Crippen LogP contribution in [0.2, 0.25) is 0 Å².